The highest BCUT2D eigenvalue weighted by Crippen LogP contribution is 2.21. The highest BCUT2D eigenvalue weighted by Gasteiger charge is 2.15. The van der Waals surface area contributed by atoms with Gasteiger partial charge in [-0.05, 0) is 35.9 Å². The number of nitrogens with zero attached hydrogens (tertiary/aromatic N) is 3. The lowest BCUT2D eigenvalue weighted by Crippen LogP contribution is -2.23. The third kappa shape index (κ3) is 3.52. The maximum absolute atomic E-state index is 12.0. The minimum Gasteiger partial charge on any atom is -0.497 e. The molecule has 3 rings (SSSR count). The first-order valence-electron chi connectivity index (χ1n) is 6.91. The van der Waals surface area contributed by atoms with Crippen molar-refractivity contribution < 1.29 is 13.9 Å². The van der Waals surface area contributed by atoms with Crippen molar-refractivity contribution in [1.29, 1.82) is 0 Å². The average molecular weight is 310 g/mol. The molecule has 0 spiro atoms. The van der Waals surface area contributed by atoms with Gasteiger partial charge in [0.05, 0.1) is 7.11 Å². The first-order chi connectivity index (χ1) is 11.3. The largest absolute Gasteiger partial charge is 0.497 e. The van der Waals surface area contributed by atoms with Crippen LogP contribution < -0.4 is 10.1 Å². The Balaban J connectivity index is 1.67. The Morgan fingerprint density at radius 3 is 2.74 bits per heavy atom. The van der Waals surface area contributed by atoms with Crippen molar-refractivity contribution in [3.05, 3.63) is 60.2 Å². The predicted molar refractivity (Wildman–Crippen MR) is 81.7 cm³/mol. The summed E-state index contributed by atoms with van der Waals surface area (Å²) in [6.07, 6.45) is 3.35. The number of nitrogens with one attached hydrogen (secondary N) is 1. The molecule has 1 N–H and O–H groups in total. The van der Waals surface area contributed by atoms with E-state index in [4.69, 9.17) is 9.15 Å². The number of hydrogen-bond donors (Lipinski definition) is 1. The molecule has 0 fully saturated rings. The second kappa shape index (κ2) is 6.69. The summed E-state index contributed by atoms with van der Waals surface area (Å²) in [4.78, 5) is 16.0. The first kappa shape index (κ1) is 14.7. The topological polar surface area (TPSA) is 90.1 Å². The van der Waals surface area contributed by atoms with Crippen molar-refractivity contribution in [2.75, 3.05) is 7.11 Å². The number of methoxy groups -OCH3 is 1. The van der Waals surface area contributed by atoms with Gasteiger partial charge in [0.1, 0.15) is 5.75 Å². The fourth-order valence-corrected chi connectivity index (χ4v) is 1.93. The van der Waals surface area contributed by atoms with Gasteiger partial charge >= 0.3 is 11.8 Å². The molecule has 7 nitrogen and oxygen atoms in total. The number of carbonyl (C=O) groups is 1. The van der Waals surface area contributed by atoms with E-state index in [0.717, 1.165) is 11.3 Å². The first-order valence-corrected chi connectivity index (χ1v) is 6.91. The van der Waals surface area contributed by atoms with Crippen molar-refractivity contribution in [3.63, 3.8) is 0 Å². The number of hydrogen-bond acceptors (Lipinski definition) is 6. The molecular weight excluding hydrogens is 296 g/mol. The Morgan fingerprint density at radius 1 is 1.22 bits per heavy atom. The minimum absolute atomic E-state index is 0.0836. The lowest BCUT2D eigenvalue weighted by molar-refractivity contribution is 0.0917. The summed E-state index contributed by atoms with van der Waals surface area (Å²) in [7, 11) is 1.59. The van der Waals surface area contributed by atoms with Gasteiger partial charge in [-0.15, -0.1) is 10.2 Å². The summed E-state index contributed by atoms with van der Waals surface area (Å²) >= 11 is 0. The van der Waals surface area contributed by atoms with E-state index in [1.165, 1.54) is 0 Å². The van der Waals surface area contributed by atoms with E-state index < -0.39 is 5.91 Å². The quantitative estimate of drug-likeness (QED) is 0.776. The molecule has 0 unspecified atom stereocenters. The number of aromatic nitrogens is 3. The molecule has 0 atom stereocenters. The normalized spacial score (nSPS) is 10.3. The molecular formula is C16H14N4O3. The van der Waals surface area contributed by atoms with Gasteiger partial charge in [-0.3, -0.25) is 9.78 Å². The summed E-state index contributed by atoms with van der Waals surface area (Å²) in [6, 6.07) is 10.8. The van der Waals surface area contributed by atoms with Crippen LogP contribution in [-0.4, -0.2) is 28.2 Å². The van der Waals surface area contributed by atoms with E-state index in [0.29, 0.717) is 12.1 Å². The maximum Gasteiger partial charge on any atom is 0.309 e. The molecule has 2 aromatic heterocycles. The Labute approximate surface area is 132 Å². The molecule has 7 heteroatoms. The second-order valence-electron chi connectivity index (χ2n) is 4.68. The van der Waals surface area contributed by atoms with E-state index >= 15 is 0 Å². The van der Waals surface area contributed by atoms with Crippen molar-refractivity contribution in [2.45, 2.75) is 6.54 Å². The molecule has 2 heterocycles. The molecule has 116 valence electrons. The number of amides is 1. The monoisotopic (exact) mass is 310 g/mol. The van der Waals surface area contributed by atoms with Gasteiger partial charge in [-0.25, -0.2) is 0 Å². The third-order valence-corrected chi connectivity index (χ3v) is 3.13. The van der Waals surface area contributed by atoms with E-state index in [2.05, 4.69) is 20.5 Å². The van der Waals surface area contributed by atoms with E-state index in [9.17, 15) is 4.79 Å². The second-order valence-corrected chi connectivity index (χ2v) is 4.68. The molecule has 0 aliphatic carbocycles. The van der Waals surface area contributed by atoms with Crippen molar-refractivity contribution in [2.24, 2.45) is 0 Å². The van der Waals surface area contributed by atoms with Crippen LogP contribution in [0, 0.1) is 0 Å². The van der Waals surface area contributed by atoms with Crippen LogP contribution in [0.4, 0.5) is 0 Å². The molecule has 23 heavy (non-hydrogen) atoms. The van der Waals surface area contributed by atoms with Crippen LogP contribution in [0.3, 0.4) is 0 Å². The minimum atomic E-state index is -0.430. The summed E-state index contributed by atoms with van der Waals surface area (Å²) < 4.78 is 10.5. The zero-order valence-electron chi connectivity index (χ0n) is 12.4. The molecule has 0 radical (unpaired) electrons. The number of carbonyl (C=O) groups excluding carboxylic acids is 1. The Hall–Kier alpha value is -3.22. The lowest BCUT2D eigenvalue weighted by atomic mass is 10.2. The summed E-state index contributed by atoms with van der Waals surface area (Å²) in [6.45, 7) is 0.340. The fraction of sp³-hybridized carbons (Fsp3) is 0.125. The zero-order valence-corrected chi connectivity index (χ0v) is 12.4. The molecule has 1 amide bonds. The lowest BCUT2D eigenvalue weighted by Gasteiger charge is -2.01. The zero-order chi connectivity index (χ0) is 16.1. The number of benzene rings is 1. The smallest absolute Gasteiger partial charge is 0.309 e. The van der Waals surface area contributed by atoms with Crippen LogP contribution in [0.15, 0.2) is 53.2 Å². The summed E-state index contributed by atoms with van der Waals surface area (Å²) in [5, 5.41) is 10.4. The molecule has 0 aliphatic rings. The van der Waals surface area contributed by atoms with Gasteiger partial charge < -0.3 is 14.5 Å². The van der Waals surface area contributed by atoms with Crippen molar-refractivity contribution >= 4 is 5.91 Å². The van der Waals surface area contributed by atoms with Gasteiger partial charge in [0.2, 0.25) is 5.89 Å². The van der Waals surface area contributed by atoms with Gasteiger partial charge in [-0.2, -0.15) is 0 Å². The van der Waals surface area contributed by atoms with Crippen molar-refractivity contribution in [3.8, 4) is 17.2 Å². The van der Waals surface area contributed by atoms with Gasteiger partial charge in [0, 0.05) is 24.5 Å². The molecule has 0 bridgehead atoms. The van der Waals surface area contributed by atoms with Crippen LogP contribution in [0.1, 0.15) is 16.2 Å². The van der Waals surface area contributed by atoms with E-state index in [-0.39, 0.29) is 11.8 Å². The van der Waals surface area contributed by atoms with Crippen molar-refractivity contribution in [1.82, 2.24) is 20.5 Å². The van der Waals surface area contributed by atoms with Crippen LogP contribution in [0.2, 0.25) is 0 Å². The van der Waals surface area contributed by atoms with Crippen LogP contribution in [0.5, 0.6) is 5.75 Å². The predicted octanol–water partition coefficient (Wildman–Crippen LogP) is 2.07. The molecule has 1 aromatic carbocycles. The van der Waals surface area contributed by atoms with E-state index in [1.807, 2.05) is 6.07 Å². The Bertz CT molecular complexity index is 785. The standard InChI is InChI=1S/C16H14N4O3/c1-22-13-6-4-12(5-7-13)15-19-20-16(23-15)14(21)18-10-11-3-2-8-17-9-11/h2-9H,10H2,1H3,(H,18,21). The molecule has 0 aliphatic heterocycles. The highest BCUT2D eigenvalue weighted by atomic mass is 16.5. The summed E-state index contributed by atoms with van der Waals surface area (Å²) in [5.41, 5.74) is 1.60. The van der Waals surface area contributed by atoms with Crippen LogP contribution in [-0.2, 0) is 6.54 Å². The maximum atomic E-state index is 12.0. The Kier molecular flexibility index (Phi) is 4.28. The van der Waals surface area contributed by atoms with E-state index in [1.54, 1.807) is 49.8 Å². The number of rotatable bonds is 5. The average Bonchev–Trinajstić information content (AvgIpc) is 3.11. The number of pyridine rings is 1. The Morgan fingerprint density at radius 2 is 2.04 bits per heavy atom. The van der Waals surface area contributed by atoms with Crippen LogP contribution >= 0.6 is 0 Å². The highest BCUT2D eigenvalue weighted by molar-refractivity contribution is 5.89. The molecule has 0 saturated heterocycles. The van der Waals surface area contributed by atoms with Crippen LogP contribution in [0.25, 0.3) is 11.5 Å². The number of ether oxygens (including phenoxy) is 1. The van der Waals surface area contributed by atoms with Gasteiger partial charge in [-0.1, -0.05) is 6.07 Å². The fourth-order valence-electron chi connectivity index (χ4n) is 1.93. The summed E-state index contributed by atoms with van der Waals surface area (Å²) in [5.74, 6) is 0.489. The van der Waals surface area contributed by atoms with Gasteiger partial charge in [0.15, 0.2) is 0 Å². The van der Waals surface area contributed by atoms with Gasteiger partial charge in [0.25, 0.3) is 0 Å². The molecule has 0 saturated carbocycles. The molecule has 3 aromatic rings. The third-order valence-electron chi connectivity index (χ3n) is 3.13. The SMILES string of the molecule is COc1ccc(-c2nnc(C(=O)NCc3cccnc3)o2)cc1.